The Labute approximate surface area is 155 Å². The first-order valence-electron chi connectivity index (χ1n) is 8.51. The van der Waals surface area contributed by atoms with E-state index in [1.54, 1.807) is 19.3 Å². The lowest BCUT2D eigenvalue weighted by molar-refractivity contribution is 0.188. The molecule has 6 nitrogen and oxygen atoms in total. The number of halogens is 2. The van der Waals surface area contributed by atoms with E-state index in [9.17, 15) is 14.0 Å². The smallest absolute Gasteiger partial charge is 0.315 e. The van der Waals surface area contributed by atoms with Crippen molar-refractivity contribution in [3.63, 3.8) is 0 Å². The Morgan fingerprint density at radius 3 is 2.65 bits per heavy atom. The van der Waals surface area contributed by atoms with Gasteiger partial charge in [0, 0.05) is 56.6 Å². The summed E-state index contributed by atoms with van der Waals surface area (Å²) in [6.45, 7) is 2.60. The van der Waals surface area contributed by atoms with Gasteiger partial charge in [0.1, 0.15) is 5.82 Å². The predicted molar refractivity (Wildman–Crippen MR) is 98.9 cm³/mol. The fraction of sp³-hybridized carbons (Fsp3) is 0.444. The van der Waals surface area contributed by atoms with Gasteiger partial charge in [0.15, 0.2) is 0 Å². The molecule has 1 aliphatic heterocycles. The molecule has 1 unspecified atom stereocenters. The second-order valence-electron chi connectivity index (χ2n) is 6.70. The second-order valence-corrected chi connectivity index (χ2v) is 7.11. The summed E-state index contributed by atoms with van der Waals surface area (Å²) in [5, 5.41) is 3.69. The highest BCUT2D eigenvalue weighted by Crippen LogP contribution is 2.22. The molecule has 2 heterocycles. The monoisotopic (exact) mass is 380 g/mol. The first kappa shape index (κ1) is 18.8. The summed E-state index contributed by atoms with van der Waals surface area (Å²) in [5.41, 5.74) is 0.699. The highest BCUT2D eigenvalue weighted by molar-refractivity contribution is 6.31. The van der Waals surface area contributed by atoms with Gasteiger partial charge in [0.25, 0.3) is 5.56 Å². The van der Waals surface area contributed by atoms with Crippen molar-refractivity contribution in [2.24, 2.45) is 14.1 Å². The van der Waals surface area contributed by atoms with Gasteiger partial charge < -0.3 is 9.88 Å². The van der Waals surface area contributed by atoms with Gasteiger partial charge in [-0.2, -0.15) is 0 Å². The summed E-state index contributed by atoms with van der Waals surface area (Å²) >= 11 is 6.19. The normalized spacial score (nSPS) is 17.2. The van der Waals surface area contributed by atoms with Gasteiger partial charge in [-0.05, 0) is 30.7 Å². The minimum atomic E-state index is -0.375. The lowest BCUT2D eigenvalue weighted by Gasteiger charge is -2.28. The third-order valence-corrected chi connectivity index (χ3v) is 5.18. The van der Waals surface area contributed by atoms with Crippen LogP contribution in [0, 0.1) is 5.82 Å². The van der Waals surface area contributed by atoms with Crippen molar-refractivity contribution < 1.29 is 4.39 Å². The topological polar surface area (TPSA) is 59.3 Å². The molecule has 1 atom stereocenters. The molecule has 2 aromatic rings. The number of rotatable bonds is 5. The SMILES string of the molecule is Cn1cc(CN(Cc2ccc(F)cc2Cl)C2CCNC2)c(=O)n(C)c1=O. The Balaban J connectivity index is 1.92. The van der Waals surface area contributed by atoms with E-state index in [4.69, 9.17) is 11.6 Å². The Bertz CT molecular complexity index is 918. The Kier molecular flexibility index (Phi) is 5.60. The standard InChI is InChI=1S/C18H22ClFN4O2/c1-22-9-13(17(25)23(2)18(22)26)11-24(15-5-6-21-8-15)10-12-3-4-14(20)7-16(12)19/h3-4,7,9,15,21H,5-6,8,10-11H2,1-2H3. The lowest BCUT2D eigenvalue weighted by Crippen LogP contribution is -2.42. The van der Waals surface area contributed by atoms with Gasteiger partial charge in [0.2, 0.25) is 0 Å². The van der Waals surface area contributed by atoms with Crippen LogP contribution in [-0.2, 0) is 27.2 Å². The first-order chi connectivity index (χ1) is 12.4. The van der Waals surface area contributed by atoms with E-state index in [1.165, 1.54) is 23.7 Å². The number of hydrogen-bond donors (Lipinski definition) is 1. The van der Waals surface area contributed by atoms with Crippen molar-refractivity contribution in [3.05, 3.63) is 67.2 Å². The minimum Gasteiger partial charge on any atom is -0.315 e. The lowest BCUT2D eigenvalue weighted by atomic mass is 10.1. The van der Waals surface area contributed by atoms with E-state index in [0.717, 1.165) is 29.6 Å². The van der Waals surface area contributed by atoms with Crippen LogP contribution in [0.4, 0.5) is 4.39 Å². The summed E-state index contributed by atoms with van der Waals surface area (Å²) in [6, 6.07) is 4.59. The summed E-state index contributed by atoms with van der Waals surface area (Å²) in [7, 11) is 3.11. The van der Waals surface area contributed by atoms with Crippen LogP contribution in [0.2, 0.25) is 5.02 Å². The molecule has 8 heteroatoms. The molecule has 26 heavy (non-hydrogen) atoms. The van der Waals surface area contributed by atoms with Gasteiger partial charge in [-0.3, -0.25) is 14.3 Å². The van der Waals surface area contributed by atoms with Crippen LogP contribution in [0.1, 0.15) is 17.5 Å². The predicted octanol–water partition coefficient (Wildman–Crippen LogP) is 1.24. The van der Waals surface area contributed by atoms with Gasteiger partial charge in [-0.15, -0.1) is 0 Å². The van der Waals surface area contributed by atoms with E-state index in [2.05, 4.69) is 10.2 Å². The van der Waals surface area contributed by atoms with Crippen LogP contribution < -0.4 is 16.6 Å². The van der Waals surface area contributed by atoms with Gasteiger partial charge in [-0.1, -0.05) is 17.7 Å². The van der Waals surface area contributed by atoms with Crippen molar-refractivity contribution in [1.82, 2.24) is 19.4 Å². The van der Waals surface area contributed by atoms with E-state index >= 15 is 0 Å². The molecule has 0 saturated carbocycles. The van der Waals surface area contributed by atoms with Crippen LogP contribution in [0.3, 0.4) is 0 Å². The van der Waals surface area contributed by atoms with Gasteiger partial charge >= 0.3 is 5.69 Å². The van der Waals surface area contributed by atoms with Crippen LogP contribution in [0.25, 0.3) is 0 Å². The molecule has 1 saturated heterocycles. The van der Waals surface area contributed by atoms with E-state index < -0.39 is 0 Å². The van der Waals surface area contributed by atoms with Gasteiger partial charge in [-0.25, -0.2) is 9.18 Å². The molecule has 140 valence electrons. The Morgan fingerprint density at radius 1 is 1.27 bits per heavy atom. The molecular weight excluding hydrogens is 359 g/mol. The zero-order valence-corrected chi connectivity index (χ0v) is 15.6. The van der Waals surface area contributed by atoms with Crippen molar-refractivity contribution >= 4 is 11.6 Å². The highest BCUT2D eigenvalue weighted by atomic mass is 35.5. The van der Waals surface area contributed by atoms with Crippen molar-refractivity contribution in [3.8, 4) is 0 Å². The number of aryl methyl sites for hydroxylation is 1. The van der Waals surface area contributed by atoms with E-state index in [1.807, 2.05) is 0 Å². The Hall–Kier alpha value is -1.96. The Morgan fingerprint density at radius 2 is 2.00 bits per heavy atom. The van der Waals surface area contributed by atoms with Crippen LogP contribution in [0.5, 0.6) is 0 Å². The zero-order chi connectivity index (χ0) is 18.8. The molecular formula is C18H22ClFN4O2. The largest absolute Gasteiger partial charge is 0.330 e. The summed E-state index contributed by atoms with van der Waals surface area (Å²) < 4.78 is 15.9. The van der Waals surface area contributed by atoms with Crippen LogP contribution in [-0.4, -0.2) is 33.2 Å². The number of nitrogens with zero attached hydrogens (tertiary/aromatic N) is 3. The molecule has 0 amide bonds. The van der Waals surface area contributed by atoms with E-state index in [-0.39, 0.29) is 23.1 Å². The number of benzene rings is 1. The molecule has 1 fully saturated rings. The molecule has 0 aliphatic carbocycles. The molecule has 0 bridgehead atoms. The minimum absolute atomic E-state index is 0.234. The summed E-state index contributed by atoms with van der Waals surface area (Å²) in [6.07, 6.45) is 2.54. The number of hydrogen-bond acceptors (Lipinski definition) is 4. The molecule has 0 radical (unpaired) electrons. The maximum absolute atomic E-state index is 13.3. The van der Waals surface area contributed by atoms with Crippen LogP contribution in [0.15, 0.2) is 34.0 Å². The molecule has 1 aromatic carbocycles. The first-order valence-corrected chi connectivity index (χ1v) is 8.89. The van der Waals surface area contributed by atoms with Crippen molar-refractivity contribution in [2.75, 3.05) is 13.1 Å². The third-order valence-electron chi connectivity index (χ3n) is 4.83. The van der Waals surface area contributed by atoms with Gasteiger partial charge in [0.05, 0.1) is 0 Å². The third kappa shape index (κ3) is 3.90. The van der Waals surface area contributed by atoms with Crippen molar-refractivity contribution in [2.45, 2.75) is 25.6 Å². The average molecular weight is 381 g/mol. The molecule has 0 spiro atoms. The zero-order valence-electron chi connectivity index (χ0n) is 14.8. The summed E-state index contributed by atoms with van der Waals surface area (Å²) in [5.74, 6) is -0.375. The molecule has 1 aliphatic rings. The van der Waals surface area contributed by atoms with Crippen LogP contribution >= 0.6 is 11.6 Å². The maximum atomic E-state index is 13.3. The fourth-order valence-corrected chi connectivity index (χ4v) is 3.57. The highest BCUT2D eigenvalue weighted by Gasteiger charge is 2.24. The molecule has 1 N–H and O–H groups in total. The fourth-order valence-electron chi connectivity index (χ4n) is 3.34. The molecule has 1 aromatic heterocycles. The van der Waals surface area contributed by atoms with Crippen molar-refractivity contribution in [1.29, 1.82) is 0 Å². The number of aromatic nitrogens is 2. The molecule has 3 rings (SSSR count). The number of nitrogens with one attached hydrogen (secondary N) is 1. The quantitative estimate of drug-likeness (QED) is 0.848. The summed E-state index contributed by atoms with van der Waals surface area (Å²) in [4.78, 5) is 26.5. The second kappa shape index (κ2) is 7.73. The maximum Gasteiger partial charge on any atom is 0.330 e. The van der Waals surface area contributed by atoms with E-state index in [0.29, 0.717) is 23.7 Å². The average Bonchev–Trinajstić information content (AvgIpc) is 3.13.